The van der Waals surface area contributed by atoms with Gasteiger partial charge in [0.1, 0.15) is 0 Å². The molecule has 0 bridgehead atoms. The van der Waals surface area contributed by atoms with Crippen molar-refractivity contribution in [1.82, 2.24) is 4.90 Å². The van der Waals surface area contributed by atoms with Crippen molar-refractivity contribution in [2.24, 2.45) is 11.3 Å². The first-order valence-electron chi connectivity index (χ1n) is 6.06. The second-order valence-corrected chi connectivity index (χ2v) is 6.01. The maximum absolute atomic E-state index is 3.96. The minimum atomic E-state index is 0.122. The van der Waals surface area contributed by atoms with Gasteiger partial charge in [0.25, 0.3) is 0 Å². The zero-order valence-corrected chi connectivity index (χ0v) is 12.3. The van der Waals surface area contributed by atoms with Crippen LogP contribution in [0.15, 0.2) is 25.3 Å². The Hall–Kier alpha value is -0.331. The summed E-state index contributed by atoms with van der Waals surface area (Å²) in [6.07, 6.45) is 7.73. The summed E-state index contributed by atoms with van der Waals surface area (Å²) in [5.74, 6) is 0.487. The number of hydrogen-bond donors (Lipinski definition) is 0. The Morgan fingerprint density at radius 3 is 2.38 bits per heavy atom. The van der Waals surface area contributed by atoms with Crippen LogP contribution in [-0.2, 0) is 0 Å². The molecule has 0 N–H and O–H groups in total. The van der Waals surface area contributed by atoms with E-state index in [1.807, 2.05) is 6.08 Å². The van der Waals surface area contributed by atoms with E-state index in [-0.39, 0.29) is 5.41 Å². The van der Waals surface area contributed by atoms with E-state index >= 15 is 0 Å². The van der Waals surface area contributed by atoms with Crippen molar-refractivity contribution in [2.75, 3.05) is 13.1 Å². The third-order valence-electron chi connectivity index (χ3n) is 3.54. The van der Waals surface area contributed by atoms with Gasteiger partial charge in [-0.2, -0.15) is 0 Å². The molecule has 1 unspecified atom stereocenters. The van der Waals surface area contributed by atoms with Gasteiger partial charge in [0.2, 0.25) is 0 Å². The second kappa shape index (κ2) is 5.84. The Kier molecular flexibility index (Phi) is 5.01. The van der Waals surface area contributed by atoms with E-state index in [0.717, 1.165) is 6.42 Å². The molecule has 1 atom stereocenters. The van der Waals surface area contributed by atoms with E-state index in [2.05, 4.69) is 53.6 Å². The second-order valence-electron chi connectivity index (χ2n) is 5.13. The van der Waals surface area contributed by atoms with Crippen molar-refractivity contribution in [3.05, 3.63) is 25.3 Å². The quantitative estimate of drug-likeness (QED) is 0.535. The SMILES string of the molecule is C=CCC(C(=[Se])N1CCCC1)C(C)(C)C=C. The van der Waals surface area contributed by atoms with Gasteiger partial charge in [0.05, 0.1) is 0 Å². The molecular weight excluding hydrogens is 261 g/mol. The molecule has 1 aliphatic rings. The average molecular weight is 284 g/mol. The van der Waals surface area contributed by atoms with Crippen LogP contribution in [-0.4, -0.2) is 38.1 Å². The molecule has 90 valence electrons. The molecule has 1 nitrogen and oxygen atoms in total. The van der Waals surface area contributed by atoms with Gasteiger partial charge in [-0.1, -0.05) is 0 Å². The van der Waals surface area contributed by atoms with Crippen molar-refractivity contribution in [3.8, 4) is 0 Å². The summed E-state index contributed by atoms with van der Waals surface area (Å²) in [6, 6.07) is 0. The predicted molar refractivity (Wildman–Crippen MR) is 73.9 cm³/mol. The van der Waals surface area contributed by atoms with Crippen molar-refractivity contribution < 1.29 is 0 Å². The first-order chi connectivity index (χ1) is 7.53. The van der Waals surface area contributed by atoms with Gasteiger partial charge < -0.3 is 0 Å². The number of allylic oxidation sites excluding steroid dienone is 2. The molecule has 1 rings (SSSR count). The molecule has 0 aromatic carbocycles. The zero-order valence-electron chi connectivity index (χ0n) is 10.5. The summed E-state index contributed by atoms with van der Waals surface area (Å²) in [4.78, 5) is 2.49. The summed E-state index contributed by atoms with van der Waals surface area (Å²) in [6.45, 7) is 14.7. The van der Waals surface area contributed by atoms with Crippen LogP contribution in [0.1, 0.15) is 33.1 Å². The van der Waals surface area contributed by atoms with Crippen molar-refractivity contribution in [1.29, 1.82) is 0 Å². The van der Waals surface area contributed by atoms with Crippen molar-refractivity contribution in [2.45, 2.75) is 33.1 Å². The third kappa shape index (κ3) is 3.08. The molecule has 0 aromatic heterocycles. The monoisotopic (exact) mass is 285 g/mol. The van der Waals surface area contributed by atoms with E-state index in [0.29, 0.717) is 5.92 Å². The molecule has 16 heavy (non-hydrogen) atoms. The normalized spacial score (nSPS) is 18.2. The van der Waals surface area contributed by atoms with Crippen LogP contribution >= 0.6 is 0 Å². The molecule has 0 radical (unpaired) electrons. The summed E-state index contributed by atoms with van der Waals surface area (Å²) >= 11 is 3.29. The molecule has 0 aliphatic carbocycles. The summed E-state index contributed by atoms with van der Waals surface area (Å²) in [7, 11) is 0. The fourth-order valence-electron chi connectivity index (χ4n) is 2.19. The van der Waals surface area contributed by atoms with Crippen LogP contribution in [0.2, 0.25) is 0 Å². The van der Waals surface area contributed by atoms with E-state index in [1.54, 1.807) is 0 Å². The van der Waals surface area contributed by atoms with Crippen LogP contribution in [0.25, 0.3) is 0 Å². The van der Waals surface area contributed by atoms with Gasteiger partial charge in [-0.05, 0) is 0 Å². The zero-order chi connectivity index (χ0) is 12.2. The number of likely N-dealkylation sites (tertiary alicyclic amines) is 1. The van der Waals surface area contributed by atoms with Gasteiger partial charge in [0, 0.05) is 0 Å². The van der Waals surface area contributed by atoms with Gasteiger partial charge in [-0.15, -0.1) is 0 Å². The predicted octanol–water partition coefficient (Wildman–Crippen LogP) is 2.79. The molecule has 1 heterocycles. The van der Waals surface area contributed by atoms with Gasteiger partial charge in [-0.25, -0.2) is 0 Å². The van der Waals surface area contributed by atoms with Crippen LogP contribution in [0, 0.1) is 11.3 Å². The van der Waals surface area contributed by atoms with Crippen molar-refractivity contribution in [3.63, 3.8) is 0 Å². The molecule has 0 amide bonds. The summed E-state index contributed by atoms with van der Waals surface area (Å²) in [5, 5.41) is 0. The molecule has 1 saturated heterocycles. The number of rotatable bonds is 6. The van der Waals surface area contributed by atoms with E-state index in [4.69, 9.17) is 0 Å². The molecule has 0 aromatic rings. The van der Waals surface area contributed by atoms with Crippen LogP contribution < -0.4 is 0 Å². The fourth-order valence-corrected chi connectivity index (χ4v) is 3.41. The van der Waals surface area contributed by atoms with Gasteiger partial charge in [-0.3, -0.25) is 0 Å². The first-order valence-corrected chi connectivity index (χ1v) is 6.92. The Balaban J connectivity index is 2.79. The maximum atomic E-state index is 3.96. The average Bonchev–Trinajstić information content (AvgIpc) is 2.78. The summed E-state index contributed by atoms with van der Waals surface area (Å²) < 4.78 is 1.39. The summed E-state index contributed by atoms with van der Waals surface area (Å²) in [5.41, 5.74) is 0.122. The molecule has 1 aliphatic heterocycles. The number of hydrogen-bond acceptors (Lipinski definition) is 1. The van der Waals surface area contributed by atoms with Crippen LogP contribution in [0.5, 0.6) is 0 Å². The van der Waals surface area contributed by atoms with E-state index in [1.165, 1.54) is 30.5 Å². The van der Waals surface area contributed by atoms with Crippen molar-refractivity contribution >= 4 is 20.1 Å². The minimum absolute atomic E-state index is 0.122. The van der Waals surface area contributed by atoms with Gasteiger partial charge >= 0.3 is 108 Å². The standard InChI is InChI=1S/C14H23NSe/c1-5-9-12(14(3,4)6-2)13(16)15-10-7-8-11-15/h5-6,12H,1-2,7-11H2,3-4H3. The van der Waals surface area contributed by atoms with Crippen LogP contribution in [0.4, 0.5) is 0 Å². The Bertz CT molecular complexity index is 274. The van der Waals surface area contributed by atoms with Crippen LogP contribution in [0.3, 0.4) is 0 Å². The molecule has 0 spiro atoms. The van der Waals surface area contributed by atoms with E-state index < -0.39 is 0 Å². The molecular formula is C14H23NSe. The van der Waals surface area contributed by atoms with E-state index in [9.17, 15) is 0 Å². The number of nitrogens with zero attached hydrogens (tertiary/aromatic N) is 1. The Morgan fingerprint density at radius 1 is 1.38 bits per heavy atom. The molecule has 0 saturated carbocycles. The fraction of sp³-hybridized carbons (Fsp3) is 0.643. The molecule has 2 heteroatoms. The Morgan fingerprint density at radius 2 is 1.94 bits per heavy atom. The first kappa shape index (κ1) is 13.7. The third-order valence-corrected chi connectivity index (χ3v) is 4.68. The van der Waals surface area contributed by atoms with Gasteiger partial charge in [0.15, 0.2) is 0 Å². The topological polar surface area (TPSA) is 3.24 Å². The Labute approximate surface area is 108 Å². The molecule has 1 fully saturated rings.